The van der Waals surface area contributed by atoms with Gasteiger partial charge in [-0.05, 0) is 36.4 Å². The van der Waals surface area contributed by atoms with Gasteiger partial charge in [0.2, 0.25) is 0 Å². The van der Waals surface area contributed by atoms with E-state index in [0.717, 1.165) is 12.1 Å². The highest BCUT2D eigenvalue weighted by Gasteiger charge is 2.30. The van der Waals surface area contributed by atoms with Crippen LogP contribution in [0.5, 0.6) is 11.5 Å². The second kappa shape index (κ2) is 4.72. The molecule has 3 nitrogen and oxygen atoms in total. The summed E-state index contributed by atoms with van der Waals surface area (Å²) in [5.74, 6) is 0.560. The Morgan fingerprint density at radius 2 is 1.53 bits per heavy atom. The molecule has 0 amide bonds. The van der Waals surface area contributed by atoms with Crippen molar-refractivity contribution >= 4 is 11.4 Å². The van der Waals surface area contributed by atoms with Crippen molar-refractivity contribution in [2.24, 2.45) is 0 Å². The maximum Gasteiger partial charge on any atom is 0.416 e. The first-order chi connectivity index (χ1) is 8.88. The predicted octanol–water partition coefficient (Wildman–Crippen LogP) is 3.66. The zero-order valence-electron chi connectivity index (χ0n) is 9.74. The lowest BCUT2D eigenvalue weighted by Gasteiger charge is -2.11. The highest BCUT2D eigenvalue weighted by Crippen LogP contribution is 2.34. The molecule has 0 atom stereocenters. The van der Waals surface area contributed by atoms with Gasteiger partial charge in [-0.15, -0.1) is 0 Å². The Kier molecular flexibility index (Phi) is 3.25. The molecule has 0 radical (unpaired) electrons. The lowest BCUT2D eigenvalue weighted by atomic mass is 10.2. The minimum absolute atomic E-state index is 0.252. The summed E-state index contributed by atoms with van der Waals surface area (Å²) in [6.45, 7) is 0. The van der Waals surface area contributed by atoms with Crippen LogP contribution in [-0.4, -0.2) is 0 Å². The normalized spacial score (nSPS) is 11.3. The molecule has 19 heavy (non-hydrogen) atoms. The van der Waals surface area contributed by atoms with Gasteiger partial charge in [0.15, 0.2) is 5.75 Å². The Bertz CT molecular complexity index is 579. The van der Waals surface area contributed by atoms with Crippen molar-refractivity contribution in [2.75, 3.05) is 11.5 Å². The van der Waals surface area contributed by atoms with Gasteiger partial charge in [0.05, 0.1) is 16.9 Å². The molecule has 0 aliphatic heterocycles. The van der Waals surface area contributed by atoms with Crippen molar-refractivity contribution in [1.29, 1.82) is 0 Å². The van der Waals surface area contributed by atoms with Gasteiger partial charge in [0, 0.05) is 0 Å². The van der Waals surface area contributed by atoms with Crippen LogP contribution in [0, 0.1) is 0 Å². The Hall–Kier alpha value is -2.37. The first kappa shape index (κ1) is 13.1. The zero-order valence-corrected chi connectivity index (χ0v) is 9.74. The van der Waals surface area contributed by atoms with E-state index < -0.39 is 11.7 Å². The number of halogens is 3. The molecular weight excluding hydrogens is 257 g/mol. The van der Waals surface area contributed by atoms with Gasteiger partial charge in [0.1, 0.15) is 5.75 Å². The average Bonchev–Trinajstić information content (AvgIpc) is 2.35. The highest BCUT2D eigenvalue weighted by atomic mass is 19.4. The highest BCUT2D eigenvalue weighted by molar-refractivity contribution is 5.71. The third-order valence-electron chi connectivity index (χ3n) is 2.51. The number of alkyl halides is 3. The molecule has 4 N–H and O–H groups in total. The first-order valence-electron chi connectivity index (χ1n) is 5.37. The summed E-state index contributed by atoms with van der Waals surface area (Å²) in [4.78, 5) is 0. The molecule has 0 saturated heterocycles. The number of benzene rings is 2. The van der Waals surface area contributed by atoms with Gasteiger partial charge in [0.25, 0.3) is 0 Å². The van der Waals surface area contributed by atoms with Crippen molar-refractivity contribution in [3.63, 3.8) is 0 Å². The van der Waals surface area contributed by atoms with Crippen LogP contribution in [0.3, 0.4) is 0 Å². The molecular formula is C13H11F3N2O. The van der Waals surface area contributed by atoms with E-state index in [2.05, 4.69) is 0 Å². The summed E-state index contributed by atoms with van der Waals surface area (Å²) in [6, 6.07) is 9.18. The molecule has 2 aromatic carbocycles. The molecule has 0 unspecified atom stereocenters. The number of hydrogen-bond acceptors (Lipinski definition) is 3. The summed E-state index contributed by atoms with van der Waals surface area (Å²) < 4.78 is 42.5. The molecule has 6 heteroatoms. The van der Waals surface area contributed by atoms with Gasteiger partial charge in [-0.3, -0.25) is 0 Å². The second-order valence-electron chi connectivity index (χ2n) is 3.88. The van der Waals surface area contributed by atoms with E-state index in [-0.39, 0.29) is 11.4 Å². The molecule has 100 valence electrons. The molecule has 0 bridgehead atoms. The molecule has 0 aliphatic carbocycles. The van der Waals surface area contributed by atoms with Crippen molar-refractivity contribution in [2.45, 2.75) is 6.18 Å². The van der Waals surface area contributed by atoms with E-state index in [9.17, 15) is 13.2 Å². The number of ether oxygens (including phenoxy) is 1. The molecule has 0 heterocycles. The van der Waals surface area contributed by atoms with Gasteiger partial charge in [-0.25, -0.2) is 0 Å². The number of hydrogen-bond donors (Lipinski definition) is 2. The van der Waals surface area contributed by atoms with Crippen molar-refractivity contribution in [3.8, 4) is 11.5 Å². The maximum absolute atomic E-state index is 12.4. The molecule has 2 rings (SSSR count). The molecule has 0 aromatic heterocycles. The van der Waals surface area contributed by atoms with Crippen LogP contribution in [0.2, 0.25) is 0 Å². The smallest absolute Gasteiger partial charge is 0.416 e. The van der Waals surface area contributed by atoms with Crippen LogP contribution in [-0.2, 0) is 6.18 Å². The largest absolute Gasteiger partial charge is 0.455 e. The topological polar surface area (TPSA) is 61.3 Å². The van der Waals surface area contributed by atoms with E-state index in [1.54, 1.807) is 18.2 Å². The van der Waals surface area contributed by atoms with Crippen LogP contribution in [0.4, 0.5) is 24.5 Å². The number of rotatable bonds is 2. The fourth-order valence-electron chi connectivity index (χ4n) is 1.49. The lowest BCUT2D eigenvalue weighted by Crippen LogP contribution is -2.04. The van der Waals surface area contributed by atoms with E-state index >= 15 is 0 Å². The van der Waals surface area contributed by atoms with E-state index in [0.29, 0.717) is 11.4 Å². The SMILES string of the molecule is Nc1cccc(Oc2ccc(C(F)(F)F)cc2)c1N. The number of anilines is 2. The van der Waals surface area contributed by atoms with Gasteiger partial charge in [-0.1, -0.05) is 6.07 Å². The molecule has 0 saturated carbocycles. The Morgan fingerprint density at radius 3 is 2.11 bits per heavy atom. The fraction of sp³-hybridized carbons (Fsp3) is 0.0769. The first-order valence-corrected chi connectivity index (χ1v) is 5.37. The quantitative estimate of drug-likeness (QED) is 0.817. The summed E-state index contributed by atoms with van der Waals surface area (Å²) in [5.41, 5.74) is 11.2. The van der Waals surface area contributed by atoms with Crippen molar-refractivity contribution in [3.05, 3.63) is 48.0 Å². The molecule has 0 fully saturated rings. The standard InChI is InChI=1S/C13H11F3N2O/c14-13(15,16)8-4-6-9(7-5-8)19-11-3-1-2-10(17)12(11)18/h1-7H,17-18H2. The maximum atomic E-state index is 12.4. The van der Waals surface area contributed by atoms with E-state index in [4.69, 9.17) is 16.2 Å². The monoisotopic (exact) mass is 268 g/mol. The summed E-state index contributed by atoms with van der Waals surface area (Å²) >= 11 is 0. The minimum Gasteiger partial charge on any atom is -0.455 e. The van der Waals surface area contributed by atoms with Crippen LogP contribution >= 0.6 is 0 Å². The molecule has 0 aliphatic rings. The van der Waals surface area contributed by atoms with Crippen LogP contribution in [0.25, 0.3) is 0 Å². The summed E-state index contributed by atoms with van der Waals surface area (Å²) in [6.07, 6.45) is -4.37. The molecule has 2 aromatic rings. The third-order valence-corrected chi connectivity index (χ3v) is 2.51. The van der Waals surface area contributed by atoms with Crippen molar-refractivity contribution in [1.82, 2.24) is 0 Å². The Labute approximate surface area is 107 Å². The van der Waals surface area contributed by atoms with Gasteiger partial charge in [-0.2, -0.15) is 13.2 Å². The Balaban J connectivity index is 2.23. The van der Waals surface area contributed by atoms with Crippen molar-refractivity contribution < 1.29 is 17.9 Å². The predicted molar refractivity (Wildman–Crippen MR) is 66.8 cm³/mol. The Morgan fingerprint density at radius 1 is 0.895 bits per heavy atom. The third kappa shape index (κ3) is 2.90. The number of para-hydroxylation sites is 1. The summed E-state index contributed by atoms with van der Waals surface area (Å²) in [5, 5.41) is 0. The van der Waals surface area contributed by atoms with Crippen LogP contribution in [0.15, 0.2) is 42.5 Å². The van der Waals surface area contributed by atoms with E-state index in [1.165, 1.54) is 12.1 Å². The van der Waals surface area contributed by atoms with Gasteiger partial charge < -0.3 is 16.2 Å². The van der Waals surface area contributed by atoms with Gasteiger partial charge >= 0.3 is 6.18 Å². The molecule has 0 spiro atoms. The van der Waals surface area contributed by atoms with Crippen LogP contribution in [0.1, 0.15) is 5.56 Å². The second-order valence-corrected chi connectivity index (χ2v) is 3.88. The summed E-state index contributed by atoms with van der Waals surface area (Å²) in [7, 11) is 0. The van der Waals surface area contributed by atoms with Crippen LogP contribution < -0.4 is 16.2 Å². The minimum atomic E-state index is -4.37. The average molecular weight is 268 g/mol. The fourth-order valence-corrected chi connectivity index (χ4v) is 1.49. The van der Waals surface area contributed by atoms with E-state index in [1.807, 2.05) is 0 Å². The number of nitrogens with two attached hydrogens (primary N) is 2. The zero-order chi connectivity index (χ0) is 14.0. The lowest BCUT2D eigenvalue weighted by molar-refractivity contribution is -0.137. The number of nitrogen functional groups attached to an aromatic ring is 2.